The Morgan fingerprint density at radius 3 is 2.32 bits per heavy atom. The van der Waals surface area contributed by atoms with E-state index < -0.39 is 0 Å². The van der Waals surface area contributed by atoms with Crippen molar-refractivity contribution in [3.63, 3.8) is 0 Å². The van der Waals surface area contributed by atoms with E-state index in [0.717, 1.165) is 24.2 Å². The van der Waals surface area contributed by atoms with Crippen LogP contribution in [0, 0.1) is 0 Å². The third-order valence-electron chi connectivity index (χ3n) is 5.34. The first-order valence-corrected chi connectivity index (χ1v) is 9.87. The largest absolute Gasteiger partial charge is 0.493 e. The highest BCUT2D eigenvalue weighted by molar-refractivity contribution is 5.74. The van der Waals surface area contributed by atoms with Gasteiger partial charge in [-0.2, -0.15) is 0 Å². The van der Waals surface area contributed by atoms with E-state index in [2.05, 4.69) is 43.4 Å². The van der Waals surface area contributed by atoms with Crippen molar-refractivity contribution < 1.29 is 14.3 Å². The summed E-state index contributed by atoms with van der Waals surface area (Å²) in [5.74, 6) is 1.98. The zero-order valence-corrected chi connectivity index (χ0v) is 17.2. The fraction of sp³-hybridized carbons (Fsp3) is 0.435. The second-order valence-corrected chi connectivity index (χ2v) is 7.53. The minimum Gasteiger partial charge on any atom is -0.493 e. The summed E-state index contributed by atoms with van der Waals surface area (Å²) in [6, 6.07) is 12.6. The number of hydrogen-bond donors (Lipinski definition) is 1. The number of ether oxygens (including phenoxy) is 2. The maximum Gasteiger partial charge on any atom is 0.317 e. The van der Waals surface area contributed by atoms with Gasteiger partial charge in [0.15, 0.2) is 11.5 Å². The zero-order valence-electron chi connectivity index (χ0n) is 17.2. The molecule has 150 valence electrons. The number of carbonyl (C=O) groups is 1. The van der Waals surface area contributed by atoms with Crippen LogP contribution in [-0.4, -0.2) is 38.2 Å². The van der Waals surface area contributed by atoms with Crippen LogP contribution in [0.2, 0.25) is 0 Å². The Morgan fingerprint density at radius 2 is 1.71 bits per heavy atom. The third-order valence-corrected chi connectivity index (χ3v) is 5.34. The summed E-state index contributed by atoms with van der Waals surface area (Å²) in [5.41, 5.74) is 4.91. The molecule has 0 aliphatic carbocycles. The van der Waals surface area contributed by atoms with Gasteiger partial charge in [-0.05, 0) is 53.1 Å². The van der Waals surface area contributed by atoms with Crippen LogP contribution in [0.3, 0.4) is 0 Å². The summed E-state index contributed by atoms with van der Waals surface area (Å²) in [7, 11) is 3.27. The van der Waals surface area contributed by atoms with E-state index in [1.54, 1.807) is 14.2 Å². The number of amides is 2. The van der Waals surface area contributed by atoms with Crippen molar-refractivity contribution in [1.82, 2.24) is 10.2 Å². The number of methoxy groups -OCH3 is 2. The Balaban J connectivity index is 1.54. The average molecular weight is 383 g/mol. The van der Waals surface area contributed by atoms with Gasteiger partial charge in [0.1, 0.15) is 0 Å². The average Bonchev–Trinajstić information content (AvgIpc) is 2.72. The lowest BCUT2D eigenvalue weighted by Crippen LogP contribution is -2.43. The number of carbonyl (C=O) groups excluding carboxylic acids is 1. The van der Waals surface area contributed by atoms with Gasteiger partial charge in [0, 0.05) is 19.6 Å². The number of hydrogen-bond acceptors (Lipinski definition) is 3. The molecule has 1 aliphatic rings. The minimum atomic E-state index is -0.0146. The van der Waals surface area contributed by atoms with Crippen LogP contribution in [0.4, 0.5) is 4.79 Å². The highest BCUT2D eigenvalue weighted by Gasteiger charge is 2.22. The topological polar surface area (TPSA) is 50.8 Å². The first kappa shape index (κ1) is 20.1. The molecule has 2 aromatic rings. The molecule has 0 bridgehead atoms. The Labute approximate surface area is 167 Å². The fourth-order valence-electron chi connectivity index (χ4n) is 3.55. The quantitative estimate of drug-likeness (QED) is 0.817. The van der Waals surface area contributed by atoms with Crippen molar-refractivity contribution in [3.8, 4) is 11.5 Å². The predicted molar refractivity (Wildman–Crippen MR) is 111 cm³/mol. The van der Waals surface area contributed by atoms with Gasteiger partial charge in [-0.15, -0.1) is 0 Å². The zero-order chi connectivity index (χ0) is 20.1. The summed E-state index contributed by atoms with van der Waals surface area (Å²) in [4.78, 5) is 14.4. The van der Waals surface area contributed by atoms with Gasteiger partial charge in [0.05, 0.1) is 14.2 Å². The van der Waals surface area contributed by atoms with E-state index in [9.17, 15) is 4.79 Å². The molecular formula is C23H30N2O3. The third kappa shape index (κ3) is 4.58. The molecular weight excluding hydrogens is 352 g/mol. The van der Waals surface area contributed by atoms with E-state index >= 15 is 0 Å². The van der Waals surface area contributed by atoms with Gasteiger partial charge in [-0.1, -0.05) is 38.1 Å². The van der Waals surface area contributed by atoms with Crippen molar-refractivity contribution in [2.75, 3.05) is 27.3 Å². The predicted octanol–water partition coefficient (Wildman–Crippen LogP) is 4.14. The molecule has 3 rings (SSSR count). The van der Waals surface area contributed by atoms with Gasteiger partial charge in [-0.3, -0.25) is 0 Å². The molecule has 2 aromatic carbocycles. The van der Waals surface area contributed by atoms with E-state index in [0.29, 0.717) is 31.3 Å². The SMILES string of the molecule is COc1cc2c(cc1OC)CN(C(=O)NCCc1ccc(C(C)C)cc1)CC2. The van der Waals surface area contributed by atoms with E-state index in [-0.39, 0.29) is 6.03 Å². The number of rotatable bonds is 6. The Bertz CT molecular complexity index is 815. The van der Waals surface area contributed by atoms with Crippen molar-refractivity contribution in [3.05, 3.63) is 58.7 Å². The molecule has 0 aromatic heterocycles. The smallest absolute Gasteiger partial charge is 0.317 e. The van der Waals surface area contributed by atoms with Gasteiger partial charge in [0.2, 0.25) is 0 Å². The molecule has 0 saturated carbocycles. The van der Waals surface area contributed by atoms with Crippen LogP contribution in [-0.2, 0) is 19.4 Å². The number of urea groups is 1. The lowest BCUT2D eigenvalue weighted by molar-refractivity contribution is 0.192. The van der Waals surface area contributed by atoms with Crippen LogP contribution in [0.5, 0.6) is 11.5 Å². The lowest BCUT2D eigenvalue weighted by Gasteiger charge is -2.29. The highest BCUT2D eigenvalue weighted by atomic mass is 16.5. The van der Waals surface area contributed by atoms with Gasteiger partial charge in [-0.25, -0.2) is 4.79 Å². The van der Waals surface area contributed by atoms with Crippen LogP contribution in [0.1, 0.15) is 42.0 Å². The van der Waals surface area contributed by atoms with Crippen molar-refractivity contribution in [2.45, 2.75) is 39.2 Å². The molecule has 0 saturated heterocycles. The second kappa shape index (κ2) is 9.00. The number of nitrogens with one attached hydrogen (secondary N) is 1. The summed E-state index contributed by atoms with van der Waals surface area (Å²) in [6.07, 6.45) is 1.65. The summed E-state index contributed by atoms with van der Waals surface area (Å²) in [5, 5.41) is 3.05. The Morgan fingerprint density at radius 1 is 1.07 bits per heavy atom. The maximum absolute atomic E-state index is 12.6. The number of benzene rings is 2. The molecule has 28 heavy (non-hydrogen) atoms. The summed E-state index contributed by atoms with van der Waals surface area (Å²) >= 11 is 0. The normalized spacial score (nSPS) is 13.2. The molecule has 0 unspecified atom stereocenters. The fourth-order valence-corrected chi connectivity index (χ4v) is 3.55. The minimum absolute atomic E-state index is 0.0146. The van der Waals surface area contributed by atoms with Crippen LogP contribution < -0.4 is 14.8 Å². The van der Waals surface area contributed by atoms with Crippen molar-refractivity contribution >= 4 is 6.03 Å². The van der Waals surface area contributed by atoms with Crippen molar-refractivity contribution in [1.29, 1.82) is 0 Å². The van der Waals surface area contributed by atoms with E-state index in [4.69, 9.17) is 9.47 Å². The first-order chi connectivity index (χ1) is 13.5. The lowest BCUT2D eigenvalue weighted by atomic mass is 9.99. The highest BCUT2D eigenvalue weighted by Crippen LogP contribution is 2.33. The molecule has 5 heteroatoms. The van der Waals surface area contributed by atoms with Gasteiger partial charge in [0.25, 0.3) is 0 Å². The summed E-state index contributed by atoms with van der Waals surface area (Å²) in [6.45, 7) is 6.31. The molecule has 1 aliphatic heterocycles. The summed E-state index contributed by atoms with van der Waals surface area (Å²) < 4.78 is 10.8. The molecule has 0 radical (unpaired) electrons. The van der Waals surface area contributed by atoms with Crippen molar-refractivity contribution in [2.24, 2.45) is 0 Å². The van der Waals surface area contributed by atoms with Crippen LogP contribution in [0.25, 0.3) is 0 Å². The van der Waals surface area contributed by atoms with Gasteiger partial charge < -0.3 is 19.7 Å². The molecule has 2 amide bonds. The first-order valence-electron chi connectivity index (χ1n) is 9.87. The molecule has 1 N–H and O–H groups in total. The molecule has 5 nitrogen and oxygen atoms in total. The van der Waals surface area contributed by atoms with Crippen LogP contribution in [0.15, 0.2) is 36.4 Å². The van der Waals surface area contributed by atoms with Gasteiger partial charge >= 0.3 is 6.03 Å². The van der Waals surface area contributed by atoms with E-state index in [1.807, 2.05) is 17.0 Å². The number of fused-ring (bicyclic) bond motifs is 1. The molecule has 0 fully saturated rings. The standard InChI is InChI=1S/C23H30N2O3/c1-16(2)18-7-5-17(6-8-18)9-11-24-23(26)25-12-10-19-13-21(27-3)22(28-4)14-20(19)15-25/h5-8,13-14,16H,9-12,15H2,1-4H3,(H,24,26). The monoisotopic (exact) mass is 382 g/mol. The number of nitrogens with zero attached hydrogens (tertiary/aromatic N) is 1. The second-order valence-electron chi connectivity index (χ2n) is 7.53. The van der Waals surface area contributed by atoms with E-state index in [1.165, 1.54) is 16.7 Å². The van der Waals surface area contributed by atoms with Crippen LogP contribution >= 0.6 is 0 Å². The molecule has 0 atom stereocenters. The Kier molecular flexibility index (Phi) is 6.45. The Hall–Kier alpha value is -2.69. The maximum atomic E-state index is 12.6. The molecule has 1 heterocycles. The molecule has 0 spiro atoms.